The number of Topliss-reactive ketones (excluding diaryl/α,β-unsaturated/α-hetero) is 1. The van der Waals surface area contributed by atoms with Crippen molar-refractivity contribution >= 4 is 23.5 Å². The number of hydrogen-bond donors (Lipinski definition) is 1. The molecule has 0 aliphatic carbocycles. The fourth-order valence-electron chi connectivity index (χ4n) is 3.25. The number of carbonyl (C=O) groups excluding carboxylic acids is 2. The van der Waals surface area contributed by atoms with Crippen molar-refractivity contribution in [2.75, 3.05) is 26.1 Å². The summed E-state index contributed by atoms with van der Waals surface area (Å²) in [6, 6.07) is 15.7. The molecule has 0 atom stereocenters. The number of allylic oxidation sites excluding steroid dienone is 1. The summed E-state index contributed by atoms with van der Waals surface area (Å²) in [7, 11) is 3.08. The minimum Gasteiger partial charge on any atom is -0.497 e. The molecule has 0 saturated carbocycles. The third-order valence-corrected chi connectivity index (χ3v) is 4.88. The van der Waals surface area contributed by atoms with Crippen molar-refractivity contribution < 1.29 is 32.9 Å². The van der Waals surface area contributed by atoms with Crippen molar-refractivity contribution in [2.45, 2.75) is 0 Å². The molecule has 33 heavy (non-hydrogen) atoms. The molecule has 0 unspecified atom stereocenters. The van der Waals surface area contributed by atoms with Crippen molar-refractivity contribution in [3.05, 3.63) is 83.4 Å². The number of amides is 1. The van der Waals surface area contributed by atoms with Gasteiger partial charge in [-0.05, 0) is 48.5 Å². The Bertz CT molecular complexity index is 1250. The first-order valence-corrected chi connectivity index (χ1v) is 9.96. The maximum Gasteiger partial charge on any atom is 0.262 e. The topological polar surface area (TPSA) is 83.1 Å². The van der Waals surface area contributed by atoms with Crippen LogP contribution in [0, 0.1) is 5.82 Å². The van der Waals surface area contributed by atoms with Crippen LogP contribution in [0.3, 0.4) is 0 Å². The number of fused-ring (bicyclic) bond motifs is 1. The number of hydrogen-bond acceptors (Lipinski definition) is 6. The highest BCUT2D eigenvalue weighted by molar-refractivity contribution is 6.14. The molecule has 0 fully saturated rings. The smallest absolute Gasteiger partial charge is 0.262 e. The van der Waals surface area contributed by atoms with Crippen LogP contribution in [0.25, 0.3) is 6.08 Å². The van der Waals surface area contributed by atoms with Crippen LogP contribution < -0.4 is 24.3 Å². The Kier molecular flexibility index (Phi) is 6.26. The zero-order chi connectivity index (χ0) is 23.4. The molecule has 0 saturated heterocycles. The van der Waals surface area contributed by atoms with E-state index in [1.54, 1.807) is 49.6 Å². The Labute approximate surface area is 189 Å². The molecule has 3 aromatic rings. The molecule has 1 N–H and O–H groups in total. The monoisotopic (exact) mass is 449 g/mol. The van der Waals surface area contributed by atoms with Gasteiger partial charge in [0, 0.05) is 11.6 Å². The minimum atomic E-state index is -0.540. The zero-order valence-electron chi connectivity index (χ0n) is 17.9. The lowest BCUT2D eigenvalue weighted by atomic mass is 10.1. The molecular weight excluding hydrogens is 429 g/mol. The molecule has 0 radical (unpaired) electrons. The van der Waals surface area contributed by atoms with Gasteiger partial charge in [-0.15, -0.1) is 0 Å². The number of halogens is 1. The predicted octanol–water partition coefficient (Wildman–Crippen LogP) is 4.48. The second-order valence-corrected chi connectivity index (χ2v) is 7.02. The highest BCUT2D eigenvalue weighted by atomic mass is 19.1. The van der Waals surface area contributed by atoms with Crippen molar-refractivity contribution in [2.24, 2.45) is 0 Å². The third-order valence-electron chi connectivity index (χ3n) is 4.88. The summed E-state index contributed by atoms with van der Waals surface area (Å²) in [6.45, 7) is -0.342. The van der Waals surface area contributed by atoms with Gasteiger partial charge >= 0.3 is 0 Å². The van der Waals surface area contributed by atoms with Gasteiger partial charge in [0.2, 0.25) is 5.78 Å². The molecule has 3 aromatic carbocycles. The van der Waals surface area contributed by atoms with E-state index in [1.165, 1.54) is 31.4 Å². The van der Waals surface area contributed by atoms with Crippen LogP contribution in [0.5, 0.6) is 23.0 Å². The lowest BCUT2D eigenvalue weighted by molar-refractivity contribution is -0.118. The quantitative estimate of drug-likeness (QED) is 0.536. The summed E-state index contributed by atoms with van der Waals surface area (Å²) in [6.07, 6.45) is 1.58. The van der Waals surface area contributed by atoms with Gasteiger partial charge in [-0.1, -0.05) is 12.1 Å². The van der Waals surface area contributed by atoms with E-state index < -0.39 is 11.7 Å². The zero-order valence-corrected chi connectivity index (χ0v) is 17.9. The van der Waals surface area contributed by atoms with Crippen LogP contribution in [0.4, 0.5) is 10.1 Å². The Hall–Kier alpha value is -4.33. The number of carbonyl (C=O) groups is 2. The number of rotatable bonds is 7. The largest absolute Gasteiger partial charge is 0.497 e. The van der Waals surface area contributed by atoms with E-state index in [2.05, 4.69) is 5.32 Å². The number of benzene rings is 3. The van der Waals surface area contributed by atoms with Gasteiger partial charge in [0.25, 0.3) is 5.91 Å². The van der Waals surface area contributed by atoms with E-state index in [-0.39, 0.29) is 23.8 Å². The number of methoxy groups -OCH3 is 2. The highest BCUT2D eigenvalue weighted by Crippen LogP contribution is 2.36. The molecule has 0 spiro atoms. The van der Waals surface area contributed by atoms with Gasteiger partial charge in [0.05, 0.1) is 25.5 Å². The van der Waals surface area contributed by atoms with Crippen molar-refractivity contribution in [1.82, 2.24) is 0 Å². The third kappa shape index (κ3) is 4.79. The summed E-state index contributed by atoms with van der Waals surface area (Å²) >= 11 is 0. The fourth-order valence-corrected chi connectivity index (χ4v) is 3.25. The normalized spacial score (nSPS) is 13.3. The SMILES string of the molecule is COc1ccc(OC)c(C=C2Oc3cc(OCC(=O)Nc4ccccc4F)ccc3C2=O)c1. The average molecular weight is 449 g/mol. The van der Waals surface area contributed by atoms with Gasteiger partial charge in [0.15, 0.2) is 12.4 Å². The van der Waals surface area contributed by atoms with Gasteiger partial charge in [-0.2, -0.15) is 0 Å². The van der Waals surface area contributed by atoms with Gasteiger partial charge in [-0.25, -0.2) is 4.39 Å². The number of ether oxygens (including phenoxy) is 4. The first kappa shape index (κ1) is 21.9. The fraction of sp³-hybridized carbons (Fsp3) is 0.120. The van der Waals surface area contributed by atoms with E-state index in [4.69, 9.17) is 18.9 Å². The van der Waals surface area contributed by atoms with Crippen LogP contribution in [0.2, 0.25) is 0 Å². The molecule has 1 aliphatic rings. The molecule has 1 amide bonds. The molecule has 0 aromatic heterocycles. The maximum absolute atomic E-state index is 13.7. The van der Waals surface area contributed by atoms with Gasteiger partial charge < -0.3 is 24.3 Å². The molecule has 168 valence electrons. The summed E-state index contributed by atoms with van der Waals surface area (Å²) in [4.78, 5) is 24.8. The van der Waals surface area contributed by atoms with Crippen LogP contribution in [-0.4, -0.2) is 32.5 Å². The van der Waals surface area contributed by atoms with Crippen molar-refractivity contribution in [3.8, 4) is 23.0 Å². The lowest BCUT2D eigenvalue weighted by Crippen LogP contribution is -2.20. The van der Waals surface area contributed by atoms with Gasteiger partial charge in [-0.3, -0.25) is 9.59 Å². The predicted molar refractivity (Wildman–Crippen MR) is 119 cm³/mol. The van der Waals surface area contributed by atoms with E-state index in [0.29, 0.717) is 34.1 Å². The molecular formula is C25H20FNO6. The first-order valence-electron chi connectivity index (χ1n) is 9.96. The molecule has 1 aliphatic heterocycles. The minimum absolute atomic E-state index is 0.0664. The number of anilines is 1. The van der Waals surface area contributed by atoms with Crippen LogP contribution in [-0.2, 0) is 4.79 Å². The van der Waals surface area contributed by atoms with Crippen molar-refractivity contribution in [3.63, 3.8) is 0 Å². The average Bonchev–Trinajstić information content (AvgIpc) is 3.13. The summed E-state index contributed by atoms with van der Waals surface area (Å²) in [5.74, 6) is 0.552. The highest BCUT2D eigenvalue weighted by Gasteiger charge is 2.28. The first-order chi connectivity index (χ1) is 16.0. The Balaban J connectivity index is 1.46. The van der Waals surface area contributed by atoms with Crippen LogP contribution >= 0.6 is 0 Å². The molecule has 8 heteroatoms. The van der Waals surface area contributed by atoms with E-state index in [9.17, 15) is 14.0 Å². The Morgan fingerprint density at radius 1 is 1.03 bits per heavy atom. The van der Waals surface area contributed by atoms with Crippen LogP contribution in [0.1, 0.15) is 15.9 Å². The molecule has 0 bridgehead atoms. The van der Waals surface area contributed by atoms with Gasteiger partial charge in [0.1, 0.15) is 28.8 Å². The maximum atomic E-state index is 13.7. The summed E-state index contributed by atoms with van der Waals surface area (Å²) < 4.78 is 35.5. The standard InChI is InChI=1S/C25H20FNO6/c1-30-16-8-10-21(31-2)15(11-16)12-23-25(29)18-9-7-17(13-22(18)33-23)32-14-24(28)27-20-6-4-3-5-19(20)26/h3-13H,14H2,1-2H3,(H,27,28). The van der Waals surface area contributed by atoms with Crippen molar-refractivity contribution in [1.29, 1.82) is 0 Å². The Morgan fingerprint density at radius 3 is 2.58 bits per heavy atom. The van der Waals surface area contributed by atoms with E-state index in [1.807, 2.05) is 0 Å². The lowest BCUT2D eigenvalue weighted by Gasteiger charge is -2.09. The second kappa shape index (κ2) is 9.44. The molecule has 4 rings (SSSR count). The molecule has 1 heterocycles. The van der Waals surface area contributed by atoms with Crippen LogP contribution in [0.15, 0.2) is 66.4 Å². The Morgan fingerprint density at radius 2 is 1.82 bits per heavy atom. The number of ketones is 1. The molecule has 7 nitrogen and oxygen atoms in total. The summed E-state index contributed by atoms with van der Waals surface area (Å²) in [5.41, 5.74) is 1.05. The number of nitrogens with one attached hydrogen (secondary N) is 1. The summed E-state index contributed by atoms with van der Waals surface area (Å²) in [5, 5.41) is 2.44. The number of para-hydroxylation sites is 1. The van der Waals surface area contributed by atoms with E-state index in [0.717, 1.165) is 0 Å². The second-order valence-electron chi connectivity index (χ2n) is 7.02. The van der Waals surface area contributed by atoms with E-state index >= 15 is 0 Å².